The molecule has 0 radical (unpaired) electrons. The van der Waals surface area contributed by atoms with Crippen molar-refractivity contribution in [2.45, 2.75) is 26.7 Å². The number of primary amides is 1. The Balaban J connectivity index is 2.73. The molecule has 0 aliphatic heterocycles. The first-order valence-electron chi connectivity index (χ1n) is 6.26. The SMILES string of the molecule is CCC(CC)(CN)CNc1ccnc(C(N)=O)c1. The zero-order chi connectivity index (χ0) is 13.6. The van der Waals surface area contributed by atoms with E-state index in [2.05, 4.69) is 24.1 Å². The molecule has 1 rings (SSSR count). The molecule has 0 saturated heterocycles. The molecule has 5 N–H and O–H groups in total. The van der Waals surface area contributed by atoms with Gasteiger partial charge in [0, 0.05) is 18.4 Å². The molecule has 5 heteroatoms. The number of nitrogens with zero attached hydrogens (tertiary/aromatic N) is 1. The predicted molar refractivity (Wildman–Crippen MR) is 73.3 cm³/mol. The molecule has 0 aliphatic rings. The summed E-state index contributed by atoms with van der Waals surface area (Å²) in [7, 11) is 0. The summed E-state index contributed by atoms with van der Waals surface area (Å²) in [6.45, 7) is 5.69. The third kappa shape index (κ3) is 3.43. The summed E-state index contributed by atoms with van der Waals surface area (Å²) in [4.78, 5) is 14.9. The molecule has 0 aromatic carbocycles. The van der Waals surface area contributed by atoms with Gasteiger partial charge in [-0.25, -0.2) is 0 Å². The van der Waals surface area contributed by atoms with E-state index in [9.17, 15) is 4.79 Å². The second-order valence-corrected chi connectivity index (χ2v) is 4.56. The highest BCUT2D eigenvalue weighted by Gasteiger charge is 2.23. The molecule has 0 bridgehead atoms. The molecule has 0 atom stereocenters. The van der Waals surface area contributed by atoms with Gasteiger partial charge in [-0.15, -0.1) is 0 Å². The molecule has 18 heavy (non-hydrogen) atoms. The minimum atomic E-state index is -0.519. The van der Waals surface area contributed by atoms with Crippen LogP contribution in [0.1, 0.15) is 37.2 Å². The maximum Gasteiger partial charge on any atom is 0.267 e. The minimum absolute atomic E-state index is 0.0934. The van der Waals surface area contributed by atoms with Gasteiger partial charge in [0.05, 0.1) is 0 Å². The fourth-order valence-electron chi connectivity index (χ4n) is 1.83. The van der Waals surface area contributed by atoms with Crippen molar-refractivity contribution in [3.8, 4) is 0 Å². The van der Waals surface area contributed by atoms with Crippen molar-refractivity contribution in [3.05, 3.63) is 24.0 Å². The fourth-order valence-corrected chi connectivity index (χ4v) is 1.83. The molecule has 0 spiro atoms. The van der Waals surface area contributed by atoms with Crippen LogP contribution in [0.15, 0.2) is 18.3 Å². The van der Waals surface area contributed by atoms with Crippen molar-refractivity contribution in [3.63, 3.8) is 0 Å². The van der Waals surface area contributed by atoms with Crippen LogP contribution in [0, 0.1) is 5.41 Å². The summed E-state index contributed by atoms with van der Waals surface area (Å²) in [5.74, 6) is -0.519. The molecule has 5 nitrogen and oxygen atoms in total. The molecular formula is C13H22N4O. The third-order valence-corrected chi connectivity index (χ3v) is 3.61. The van der Waals surface area contributed by atoms with E-state index in [1.165, 1.54) is 0 Å². The molecule has 1 heterocycles. The number of aromatic nitrogens is 1. The average Bonchev–Trinajstić information content (AvgIpc) is 2.41. The first-order chi connectivity index (χ1) is 8.56. The lowest BCUT2D eigenvalue weighted by atomic mass is 9.82. The van der Waals surface area contributed by atoms with Crippen molar-refractivity contribution in [2.24, 2.45) is 16.9 Å². The number of hydrogen-bond donors (Lipinski definition) is 3. The highest BCUT2D eigenvalue weighted by Crippen LogP contribution is 2.25. The van der Waals surface area contributed by atoms with Crippen molar-refractivity contribution < 1.29 is 4.79 Å². The van der Waals surface area contributed by atoms with E-state index >= 15 is 0 Å². The number of nitrogens with one attached hydrogen (secondary N) is 1. The Labute approximate surface area is 108 Å². The monoisotopic (exact) mass is 250 g/mol. The van der Waals surface area contributed by atoms with Crippen LogP contribution in [0.25, 0.3) is 0 Å². The maximum absolute atomic E-state index is 11.0. The van der Waals surface area contributed by atoms with Gasteiger partial charge in [0.15, 0.2) is 0 Å². The van der Waals surface area contributed by atoms with E-state index in [1.807, 2.05) is 6.07 Å². The van der Waals surface area contributed by atoms with E-state index in [0.29, 0.717) is 6.54 Å². The Bertz CT molecular complexity index is 393. The average molecular weight is 250 g/mol. The van der Waals surface area contributed by atoms with Gasteiger partial charge in [0.25, 0.3) is 5.91 Å². The summed E-state index contributed by atoms with van der Waals surface area (Å²) < 4.78 is 0. The molecule has 1 aromatic heterocycles. The second-order valence-electron chi connectivity index (χ2n) is 4.56. The van der Waals surface area contributed by atoms with Crippen molar-refractivity contribution >= 4 is 11.6 Å². The number of carbonyl (C=O) groups is 1. The molecule has 0 aliphatic carbocycles. The van der Waals surface area contributed by atoms with Gasteiger partial charge in [-0.05, 0) is 36.9 Å². The number of rotatable bonds is 7. The van der Waals surface area contributed by atoms with Crippen LogP contribution in [0.5, 0.6) is 0 Å². The molecule has 0 saturated carbocycles. The topological polar surface area (TPSA) is 94.0 Å². The number of carbonyl (C=O) groups excluding carboxylic acids is 1. The summed E-state index contributed by atoms with van der Waals surface area (Å²) in [6, 6.07) is 3.48. The summed E-state index contributed by atoms with van der Waals surface area (Å²) in [5, 5.41) is 3.31. The standard InChI is InChI=1S/C13H22N4O/c1-3-13(4-2,8-14)9-17-10-5-6-16-11(7-10)12(15)18/h5-7H,3-4,8-9,14H2,1-2H3,(H2,15,18)(H,16,17). The van der Waals surface area contributed by atoms with E-state index in [1.54, 1.807) is 12.3 Å². The summed E-state index contributed by atoms with van der Waals surface area (Å²) in [6.07, 6.45) is 3.60. The van der Waals surface area contributed by atoms with Crippen LogP contribution in [0.3, 0.4) is 0 Å². The van der Waals surface area contributed by atoms with Gasteiger partial charge < -0.3 is 16.8 Å². The maximum atomic E-state index is 11.0. The Hall–Kier alpha value is -1.62. The Morgan fingerprint density at radius 1 is 1.44 bits per heavy atom. The zero-order valence-corrected chi connectivity index (χ0v) is 11.1. The normalized spacial score (nSPS) is 11.3. The third-order valence-electron chi connectivity index (χ3n) is 3.61. The van der Waals surface area contributed by atoms with Crippen LogP contribution in [0.2, 0.25) is 0 Å². The highest BCUT2D eigenvalue weighted by molar-refractivity contribution is 5.91. The van der Waals surface area contributed by atoms with Crippen LogP contribution in [-0.4, -0.2) is 24.0 Å². The van der Waals surface area contributed by atoms with E-state index in [4.69, 9.17) is 11.5 Å². The number of anilines is 1. The molecule has 1 amide bonds. The second kappa shape index (κ2) is 6.35. The van der Waals surface area contributed by atoms with Gasteiger partial charge in [0.1, 0.15) is 5.69 Å². The van der Waals surface area contributed by atoms with Crippen molar-refractivity contribution in [1.29, 1.82) is 0 Å². The van der Waals surface area contributed by atoms with Crippen LogP contribution in [-0.2, 0) is 0 Å². The van der Waals surface area contributed by atoms with Crippen LogP contribution in [0.4, 0.5) is 5.69 Å². The van der Waals surface area contributed by atoms with Gasteiger partial charge in [-0.3, -0.25) is 9.78 Å². The van der Waals surface area contributed by atoms with Crippen molar-refractivity contribution in [1.82, 2.24) is 4.98 Å². The molecule has 1 aromatic rings. The Morgan fingerprint density at radius 3 is 2.61 bits per heavy atom. The van der Waals surface area contributed by atoms with E-state index in [-0.39, 0.29) is 11.1 Å². The molecule has 0 unspecified atom stereocenters. The number of nitrogens with two attached hydrogens (primary N) is 2. The van der Waals surface area contributed by atoms with E-state index in [0.717, 1.165) is 25.1 Å². The summed E-state index contributed by atoms with van der Waals surface area (Å²) in [5.41, 5.74) is 12.2. The van der Waals surface area contributed by atoms with Crippen molar-refractivity contribution in [2.75, 3.05) is 18.4 Å². The fraction of sp³-hybridized carbons (Fsp3) is 0.538. The first kappa shape index (κ1) is 14.4. The molecule has 0 fully saturated rings. The number of hydrogen-bond acceptors (Lipinski definition) is 4. The lowest BCUT2D eigenvalue weighted by molar-refractivity contribution is 0.0995. The van der Waals surface area contributed by atoms with Gasteiger partial charge in [0.2, 0.25) is 0 Å². The van der Waals surface area contributed by atoms with Gasteiger partial charge >= 0.3 is 0 Å². The van der Waals surface area contributed by atoms with Gasteiger partial charge in [-0.1, -0.05) is 13.8 Å². The van der Waals surface area contributed by atoms with E-state index < -0.39 is 5.91 Å². The largest absolute Gasteiger partial charge is 0.384 e. The minimum Gasteiger partial charge on any atom is -0.384 e. The number of amides is 1. The lowest BCUT2D eigenvalue weighted by Gasteiger charge is -2.30. The molecule has 100 valence electrons. The summed E-state index contributed by atoms with van der Waals surface area (Å²) >= 11 is 0. The highest BCUT2D eigenvalue weighted by atomic mass is 16.1. The lowest BCUT2D eigenvalue weighted by Crippen LogP contribution is -2.36. The van der Waals surface area contributed by atoms with Crippen LogP contribution >= 0.6 is 0 Å². The quantitative estimate of drug-likeness (QED) is 0.681. The predicted octanol–water partition coefficient (Wildman–Crippen LogP) is 1.36. The molecular weight excluding hydrogens is 228 g/mol. The smallest absolute Gasteiger partial charge is 0.267 e. The Kier molecular flexibility index (Phi) is 5.09. The van der Waals surface area contributed by atoms with Gasteiger partial charge in [-0.2, -0.15) is 0 Å². The van der Waals surface area contributed by atoms with Crippen LogP contribution < -0.4 is 16.8 Å². The zero-order valence-electron chi connectivity index (χ0n) is 11.1. The number of pyridine rings is 1. The Morgan fingerprint density at radius 2 is 2.11 bits per heavy atom. The first-order valence-corrected chi connectivity index (χ1v) is 6.26.